The van der Waals surface area contributed by atoms with Crippen LogP contribution in [-0.2, 0) is 13.6 Å². The lowest BCUT2D eigenvalue weighted by Gasteiger charge is -2.07. The van der Waals surface area contributed by atoms with Crippen LogP contribution in [0.25, 0.3) is 11.0 Å². The third-order valence-corrected chi connectivity index (χ3v) is 4.59. The van der Waals surface area contributed by atoms with Crippen molar-refractivity contribution in [2.24, 2.45) is 7.05 Å². The fraction of sp³-hybridized carbons (Fsp3) is 0.444. The number of H-pyrrole nitrogens is 1. The molecule has 136 valence electrons. The molecule has 0 bridgehead atoms. The third kappa shape index (κ3) is 3.08. The van der Waals surface area contributed by atoms with Crippen LogP contribution in [0.4, 0.5) is 5.82 Å². The summed E-state index contributed by atoms with van der Waals surface area (Å²) in [5, 5.41) is 15.3. The van der Waals surface area contributed by atoms with Gasteiger partial charge in [-0.15, -0.1) is 0 Å². The molecule has 0 saturated heterocycles. The summed E-state index contributed by atoms with van der Waals surface area (Å²) in [7, 11) is 5.83. The Labute approximate surface area is 151 Å². The zero-order valence-corrected chi connectivity index (χ0v) is 15.5. The highest BCUT2D eigenvalue weighted by molar-refractivity contribution is 6.12. The maximum atomic E-state index is 13.0. The predicted octanol–water partition coefficient (Wildman–Crippen LogP) is 2.19. The number of aryl methyl sites for hydroxylation is 2. The predicted molar refractivity (Wildman–Crippen MR) is 99.2 cm³/mol. The van der Waals surface area contributed by atoms with Crippen molar-refractivity contribution >= 4 is 22.8 Å². The summed E-state index contributed by atoms with van der Waals surface area (Å²) in [6.07, 6.45) is 2.26. The molecule has 1 fully saturated rings. The average molecular weight is 353 g/mol. The lowest BCUT2D eigenvalue weighted by atomic mass is 10.1. The standard InChI is InChI=1S/C18H23N7O/c1-10-16-13(8-14(11-5-6-11)19-17(16)25(4)23-10)18(26)20-15-7-12(21-22-15)9-24(2)3/h7-8,11H,5-6,9H2,1-4H3,(H2,20,21,22,26). The first kappa shape index (κ1) is 16.7. The van der Waals surface area contributed by atoms with Crippen molar-refractivity contribution in [1.82, 2.24) is 29.9 Å². The van der Waals surface area contributed by atoms with Gasteiger partial charge in [0.2, 0.25) is 0 Å². The van der Waals surface area contributed by atoms with E-state index >= 15 is 0 Å². The third-order valence-electron chi connectivity index (χ3n) is 4.59. The largest absolute Gasteiger partial charge is 0.305 e. The molecule has 0 spiro atoms. The Morgan fingerprint density at radius 2 is 2.15 bits per heavy atom. The van der Waals surface area contributed by atoms with Crippen molar-refractivity contribution in [2.75, 3.05) is 19.4 Å². The summed E-state index contributed by atoms with van der Waals surface area (Å²) in [6.45, 7) is 2.64. The Bertz CT molecular complexity index is 981. The van der Waals surface area contributed by atoms with Crippen molar-refractivity contribution in [1.29, 1.82) is 0 Å². The first-order valence-corrected chi connectivity index (χ1v) is 8.77. The molecular formula is C18H23N7O. The quantitative estimate of drug-likeness (QED) is 0.734. The molecule has 0 aromatic carbocycles. The number of aromatic nitrogens is 5. The number of pyridine rings is 1. The second-order valence-electron chi connectivity index (χ2n) is 7.25. The van der Waals surface area contributed by atoms with Crippen molar-refractivity contribution in [3.8, 4) is 0 Å². The molecule has 0 aliphatic heterocycles. The minimum absolute atomic E-state index is 0.182. The van der Waals surface area contributed by atoms with Gasteiger partial charge in [-0.3, -0.25) is 14.6 Å². The van der Waals surface area contributed by atoms with Gasteiger partial charge in [-0.1, -0.05) is 0 Å². The number of anilines is 1. The van der Waals surface area contributed by atoms with E-state index in [1.54, 1.807) is 4.68 Å². The van der Waals surface area contributed by atoms with Gasteiger partial charge < -0.3 is 10.2 Å². The van der Waals surface area contributed by atoms with Gasteiger partial charge in [0.15, 0.2) is 11.5 Å². The summed E-state index contributed by atoms with van der Waals surface area (Å²) in [6, 6.07) is 3.77. The van der Waals surface area contributed by atoms with Crippen molar-refractivity contribution in [2.45, 2.75) is 32.2 Å². The minimum Gasteiger partial charge on any atom is -0.305 e. The fourth-order valence-electron chi connectivity index (χ4n) is 3.26. The van der Waals surface area contributed by atoms with Crippen LogP contribution in [0.2, 0.25) is 0 Å². The van der Waals surface area contributed by atoms with Gasteiger partial charge >= 0.3 is 0 Å². The molecule has 2 N–H and O–H groups in total. The van der Waals surface area contributed by atoms with Crippen LogP contribution in [0, 0.1) is 6.92 Å². The van der Waals surface area contributed by atoms with Crippen LogP contribution in [-0.4, -0.2) is 49.9 Å². The average Bonchev–Trinajstić information content (AvgIpc) is 3.28. The van der Waals surface area contributed by atoms with E-state index in [1.807, 2.05) is 45.1 Å². The number of hydrogen-bond donors (Lipinski definition) is 2. The molecule has 3 heterocycles. The number of amides is 1. The summed E-state index contributed by atoms with van der Waals surface area (Å²) in [4.78, 5) is 19.7. The number of nitrogens with zero attached hydrogens (tertiary/aromatic N) is 5. The number of carbonyl (C=O) groups excluding carboxylic acids is 1. The van der Waals surface area contributed by atoms with Gasteiger partial charge in [-0.2, -0.15) is 10.2 Å². The van der Waals surface area contributed by atoms with E-state index in [2.05, 4.69) is 20.6 Å². The molecule has 1 aliphatic rings. The number of rotatable bonds is 5. The zero-order valence-electron chi connectivity index (χ0n) is 15.5. The first-order valence-electron chi connectivity index (χ1n) is 8.77. The molecular weight excluding hydrogens is 330 g/mol. The van der Waals surface area contributed by atoms with E-state index in [1.165, 1.54) is 0 Å². The highest BCUT2D eigenvalue weighted by Gasteiger charge is 2.28. The van der Waals surface area contributed by atoms with Crippen LogP contribution in [0.1, 0.15) is 46.2 Å². The number of aromatic amines is 1. The van der Waals surface area contributed by atoms with Crippen LogP contribution in [0.3, 0.4) is 0 Å². The number of nitrogens with one attached hydrogen (secondary N) is 2. The van der Waals surface area contributed by atoms with Crippen molar-refractivity contribution in [3.63, 3.8) is 0 Å². The van der Waals surface area contributed by atoms with E-state index in [9.17, 15) is 4.79 Å². The second-order valence-corrected chi connectivity index (χ2v) is 7.25. The number of carbonyl (C=O) groups is 1. The maximum Gasteiger partial charge on any atom is 0.257 e. The van der Waals surface area contributed by atoms with Gasteiger partial charge in [0.1, 0.15) is 0 Å². The van der Waals surface area contributed by atoms with E-state index in [0.717, 1.165) is 47.5 Å². The smallest absolute Gasteiger partial charge is 0.257 e. The SMILES string of the molecule is Cc1nn(C)c2nc(C3CC3)cc(C(=O)Nc3cc(CN(C)C)[nH]n3)c12. The molecule has 0 atom stereocenters. The molecule has 8 heteroatoms. The molecule has 0 unspecified atom stereocenters. The lowest BCUT2D eigenvalue weighted by molar-refractivity contribution is 0.102. The van der Waals surface area contributed by atoms with E-state index in [0.29, 0.717) is 17.3 Å². The first-order chi connectivity index (χ1) is 12.4. The van der Waals surface area contributed by atoms with Crippen LogP contribution in [0.15, 0.2) is 12.1 Å². The molecule has 4 rings (SSSR count). The minimum atomic E-state index is -0.182. The van der Waals surface area contributed by atoms with Gasteiger partial charge in [-0.05, 0) is 39.9 Å². The van der Waals surface area contributed by atoms with Crippen LogP contribution < -0.4 is 5.32 Å². The van der Waals surface area contributed by atoms with E-state index < -0.39 is 0 Å². The van der Waals surface area contributed by atoms with Gasteiger partial charge in [0.25, 0.3) is 5.91 Å². The Kier molecular flexibility index (Phi) is 3.99. The molecule has 8 nitrogen and oxygen atoms in total. The van der Waals surface area contributed by atoms with Crippen molar-refractivity contribution in [3.05, 3.63) is 34.8 Å². The molecule has 3 aromatic heterocycles. The molecule has 1 saturated carbocycles. The Morgan fingerprint density at radius 1 is 1.38 bits per heavy atom. The topological polar surface area (TPSA) is 91.7 Å². The van der Waals surface area contributed by atoms with Gasteiger partial charge in [0, 0.05) is 31.3 Å². The molecule has 26 heavy (non-hydrogen) atoms. The molecule has 0 radical (unpaired) electrons. The lowest BCUT2D eigenvalue weighted by Crippen LogP contribution is -2.14. The van der Waals surface area contributed by atoms with Crippen molar-refractivity contribution < 1.29 is 4.79 Å². The Balaban J connectivity index is 1.68. The van der Waals surface area contributed by atoms with E-state index in [4.69, 9.17) is 4.98 Å². The summed E-state index contributed by atoms with van der Waals surface area (Å²) in [5.74, 6) is 0.794. The highest BCUT2D eigenvalue weighted by atomic mass is 16.1. The van der Waals surface area contributed by atoms with Gasteiger partial charge in [-0.25, -0.2) is 4.98 Å². The van der Waals surface area contributed by atoms with Crippen LogP contribution in [0.5, 0.6) is 0 Å². The summed E-state index contributed by atoms with van der Waals surface area (Å²) in [5.41, 5.74) is 4.09. The zero-order chi connectivity index (χ0) is 18.4. The molecule has 1 amide bonds. The summed E-state index contributed by atoms with van der Waals surface area (Å²) < 4.78 is 1.75. The number of hydrogen-bond acceptors (Lipinski definition) is 5. The fourth-order valence-corrected chi connectivity index (χ4v) is 3.26. The number of fused-ring (bicyclic) bond motifs is 1. The Morgan fingerprint density at radius 3 is 2.85 bits per heavy atom. The second kappa shape index (κ2) is 6.21. The van der Waals surface area contributed by atoms with E-state index in [-0.39, 0.29) is 5.91 Å². The van der Waals surface area contributed by atoms with Gasteiger partial charge in [0.05, 0.1) is 22.3 Å². The molecule has 1 aliphatic carbocycles. The molecule has 3 aromatic rings. The monoisotopic (exact) mass is 353 g/mol. The normalized spacial score (nSPS) is 14.3. The maximum absolute atomic E-state index is 13.0. The highest BCUT2D eigenvalue weighted by Crippen LogP contribution is 2.40. The summed E-state index contributed by atoms with van der Waals surface area (Å²) >= 11 is 0. The van der Waals surface area contributed by atoms with Crippen LogP contribution >= 0.6 is 0 Å². The Hall–Kier alpha value is -2.74.